The number of hydrazine groups is 1. The van der Waals surface area contributed by atoms with Crippen LogP contribution in [0, 0.1) is 0 Å². The van der Waals surface area contributed by atoms with Gasteiger partial charge in [0.05, 0.1) is 11.9 Å². The molecule has 88 valence electrons. The summed E-state index contributed by atoms with van der Waals surface area (Å²) in [7, 11) is 1.68. The standard InChI is InChI=1S/C11H13N5O/c1-16-10(12)9(7-13-16)11(17)15-14-8-5-3-2-4-6-8/h2-7,14H,12H2,1H3,(H,15,17). The van der Waals surface area contributed by atoms with Crippen molar-refractivity contribution in [2.75, 3.05) is 11.2 Å². The molecule has 1 heterocycles. The maximum Gasteiger partial charge on any atom is 0.274 e. The van der Waals surface area contributed by atoms with Gasteiger partial charge in [0.25, 0.3) is 5.91 Å². The van der Waals surface area contributed by atoms with Crippen molar-refractivity contribution in [3.05, 3.63) is 42.1 Å². The monoisotopic (exact) mass is 231 g/mol. The maximum absolute atomic E-state index is 11.7. The van der Waals surface area contributed by atoms with E-state index in [1.165, 1.54) is 10.9 Å². The Bertz CT molecular complexity index is 520. The molecule has 0 saturated heterocycles. The fourth-order valence-electron chi connectivity index (χ4n) is 1.34. The van der Waals surface area contributed by atoms with Crippen molar-refractivity contribution in [2.45, 2.75) is 0 Å². The number of benzene rings is 1. The summed E-state index contributed by atoms with van der Waals surface area (Å²) >= 11 is 0. The zero-order valence-electron chi connectivity index (χ0n) is 9.34. The number of para-hydroxylation sites is 1. The third-order valence-corrected chi connectivity index (χ3v) is 2.32. The molecule has 6 nitrogen and oxygen atoms in total. The highest BCUT2D eigenvalue weighted by molar-refractivity contribution is 5.98. The molecular formula is C11H13N5O. The number of nitrogens with one attached hydrogen (secondary N) is 2. The molecule has 0 aliphatic heterocycles. The number of rotatable bonds is 3. The first-order valence-electron chi connectivity index (χ1n) is 5.07. The molecule has 1 amide bonds. The first-order chi connectivity index (χ1) is 8.18. The van der Waals surface area contributed by atoms with Crippen LogP contribution in [0.1, 0.15) is 10.4 Å². The molecule has 0 fully saturated rings. The molecular weight excluding hydrogens is 218 g/mol. The Morgan fingerprint density at radius 2 is 2.06 bits per heavy atom. The Hall–Kier alpha value is -2.50. The second-order valence-corrected chi connectivity index (χ2v) is 3.51. The number of carbonyl (C=O) groups is 1. The highest BCUT2D eigenvalue weighted by Gasteiger charge is 2.12. The Morgan fingerprint density at radius 1 is 1.35 bits per heavy atom. The topological polar surface area (TPSA) is 85.0 Å². The van der Waals surface area contributed by atoms with Gasteiger partial charge in [0.2, 0.25) is 0 Å². The number of aromatic nitrogens is 2. The second-order valence-electron chi connectivity index (χ2n) is 3.51. The van der Waals surface area contributed by atoms with Gasteiger partial charge in [0.1, 0.15) is 11.4 Å². The van der Waals surface area contributed by atoms with E-state index in [2.05, 4.69) is 16.0 Å². The Kier molecular flexibility index (Phi) is 2.95. The van der Waals surface area contributed by atoms with Crippen LogP contribution in [0.5, 0.6) is 0 Å². The molecule has 1 aromatic carbocycles. The van der Waals surface area contributed by atoms with Gasteiger partial charge in [-0.25, -0.2) is 0 Å². The van der Waals surface area contributed by atoms with E-state index >= 15 is 0 Å². The summed E-state index contributed by atoms with van der Waals surface area (Å²) in [6.45, 7) is 0. The number of nitrogen functional groups attached to an aromatic ring is 1. The van der Waals surface area contributed by atoms with Gasteiger partial charge >= 0.3 is 0 Å². The van der Waals surface area contributed by atoms with Crippen molar-refractivity contribution in [3.8, 4) is 0 Å². The summed E-state index contributed by atoms with van der Waals surface area (Å²) in [5, 5.41) is 3.90. The van der Waals surface area contributed by atoms with E-state index in [4.69, 9.17) is 5.73 Å². The number of amides is 1. The number of nitrogens with two attached hydrogens (primary N) is 1. The molecule has 1 aromatic heterocycles. The molecule has 2 rings (SSSR count). The van der Waals surface area contributed by atoms with Crippen molar-refractivity contribution in [2.24, 2.45) is 7.05 Å². The summed E-state index contributed by atoms with van der Waals surface area (Å²) in [5.74, 6) is 0.0109. The highest BCUT2D eigenvalue weighted by Crippen LogP contribution is 2.09. The molecule has 2 aromatic rings. The fraction of sp³-hybridized carbons (Fsp3) is 0.0909. The maximum atomic E-state index is 11.7. The van der Waals surface area contributed by atoms with Gasteiger partial charge in [-0.15, -0.1) is 0 Å². The van der Waals surface area contributed by atoms with Crippen LogP contribution in [0.15, 0.2) is 36.5 Å². The third-order valence-electron chi connectivity index (χ3n) is 2.32. The molecule has 0 radical (unpaired) electrons. The summed E-state index contributed by atoms with van der Waals surface area (Å²) in [6, 6.07) is 9.31. The summed E-state index contributed by atoms with van der Waals surface area (Å²) in [4.78, 5) is 11.7. The molecule has 4 N–H and O–H groups in total. The van der Waals surface area contributed by atoms with E-state index in [0.29, 0.717) is 11.4 Å². The number of aryl methyl sites for hydroxylation is 1. The predicted molar refractivity (Wildman–Crippen MR) is 65.2 cm³/mol. The minimum atomic E-state index is -0.320. The molecule has 0 unspecified atom stereocenters. The molecule has 17 heavy (non-hydrogen) atoms. The van der Waals surface area contributed by atoms with Gasteiger partial charge in [-0.2, -0.15) is 5.10 Å². The molecule has 0 atom stereocenters. The van der Waals surface area contributed by atoms with Gasteiger partial charge in [0, 0.05) is 7.05 Å². The largest absolute Gasteiger partial charge is 0.383 e. The summed E-state index contributed by atoms with van der Waals surface area (Å²) < 4.78 is 1.44. The molecule has 0 spiro atoms. The fourth-order valence-corrected chi connectivity index (χ4v) is 1.34. The van der Waals surface area contributed by atoms with Crippen molar-refractivity contribution >= 4 is 17.4 Å². The van der Waals surface area contributed by atoms with E-state index in [0.717, 1.165) is 5.69 Å². The van der Waals surface area contributed by atoms with Crippen molar-refractivity contribution < 1.29 is 4.79 Å². The van der Waals surface area contributed by atoms with Crippen molar-refractivity contribution in [3.63, 3.8) is 0 Å². The third kappa shape index (κ3) is 2.36. The molecule has 0 saturated carbocycles. The van der Waals surface area contributed by atoms with E-state index in [1.807, 2.05) is 30.3 Å². The molecule has 6 heteroatoms. The first kappa shape index (κ1) is 11.0. The number of hydrogen-bond acceptors (Lipinski definition) is 4. The van der Waals surface area contributed by atoms with Crippen LogP contribution >= 0.6 is 0 Å². The van der Waals surface area contributed by atoms with Gasteiger partial charge in [0.15, 0.2) is 0 Å². The van der Waals surface area contributed by atoms with Crippen LogP contribution in [0.4, 0.5) is 11.5 Å². The van der Waals surface area contributed by atoms with Gasteiger partial charge in [-0.1, -0.05) is 18.2 Å². The first-order valence-corrected chi connectivity index (χ1v) is 5.07. The van der Waals surface area contributed by atoms with Crippen molar-refractivity contribution in [1.29, 1.82) is 0 Å². The molecule has 0 aliphatic carbocycles. The number of carbonyl (C=O) groups excluding carboxylic acids is 1. The van der Waals surface area contributed by atoms with Gasteiger partial charge < -0.3 is 5.73 Å². The zero-order chi connectivity index (χ0) is 12.3. The van der Waals surface area contributed by atoms with Crippen LogP contribution in [0.25, 0.3) is 0 Å². The Morgan fingerprint density at radius 3 is 2.65 bits per heavy atom. The average Bonchev–Trinajstić information content (AvgIpc) is 2.69. The van der Waals surface area contributed by atoms with Crippen LogP contribution in [-0.2, 0) is 7.05 Å². The minimum absolute atomic E-state index is 0.320. The van der Waals surface area contributed by atoms with Crippen LogP contribution < -0.4 is 16.6 Å². The van der Waals surface area contributed by atoms with Crippen LogP contribution in [-0.4, -0.2) is 15.7 Å². The van der Waals surface area contributed by atoms with E-state index in [-0.39, 0.29) is 5.91 Å². The molecule has 0 aliphatic rings. The Labute approximate surface area is 98.4 Å². The van der Waals surface area contributed by atoms with E-state index < -0.39 is 0 Å². The second kappa shape index (κ2) is 4.56. The summed E-state index contributed by atoms with van der Waals surface area (Å²) in [5.41, 5.74) is 12.2. The lowest BCUT2D eigenvalue weighted by Gasteiger charge is -2.07. The normalized spacial score (nSPS) is 9.94. The smallest absolute Gasteiger partial charge is 0.274 e. The minimum Gasteiger partial charge on any atom is -0.383 e. The van der Waals surface area contributed by atoms with Gasteiger partial charge in [-0.3, -0.25) is 20.3 Å². The van der Waals surface area contributed by atoms with E-state index in [9.17, 15) is 4.79 Å². The average molecular weight is 231 g/mol. The summed E-state index contributed by atoms with van der Waals surface area (Å²) in [6.07, 6.45) is 1.43. The lowest BCUT2D eigenvalue weighted by atomic mass is 10.3. The SMILES string of the molecule is Cn1ncc(C(=O)NNc2ccccc2)c1N. The zero-order valence-corrected chi connectivity index (χ0v) is 9.34. The van der Waals surface area contributed by atoms with Crippen LogP contribution in [0.3, 0.4) is 0 Å². The van der Waals surface area contributed by atoms with Gasteiger partial charge in [-0.05, 0) is 12.1 Å². The Balaban J connectivity index is 2.01. The molecule has 0 bridgehead atoms. The lowest BCUT2D eigenvalue weighted by Crippen LogP contribution is -2.29. The lowest BCUT2D eigenvalue weighted by molar-refractivity contribution is 0.0963. The van der Waals surface area contributed by atoms with Crippen LogP contribution in [0.2, 0.25) is 0 Å². The quantitative estimate of drug-likeness (QED) is 0.681. The predicted octanol–water partition coefficient (Wildman–Crippen LogP) is 0.759. The number of nitrogens with zero attached hydrogens (tertiary/aromatic N) is 2. The number of anilines is 2. The number of hydrogen-bond donors (Lipinski definition) is 3. The van der Waals surface area contributed by atoms with E-state index in [1.54, 1.807) is 7.05 Å². The highest BCUT2D eigenvalue weighted by atomic mass is 16.2. The van der Waals surface area contributed by atoms with Crippen molar-refractivity contribution in [1.82, 2.24) is 15.2 Å².